The molecule has 0 aromatic rings. The molecule has 0 aliphatic rings. The molecule has 0 radical (unpaired) electrons. The first kappa shape index (κ1) is 32.8. The van der Waals surface area contributed by atoms with Crippen LogP contribution in [-0.4, -0.2) is 75.0 Å². The van der Waals surface area contributed by atoms with Gasteiger partial charge in [-0.15, -0.1) is 0 Å². The van der Waals surface area contributed by atoms with Gasteiger partial charge in [-0.1, -0.05) is 39.5 Å². The molecule has 0 rings (SSSR count). The van der Waals surface area contributed by atoms with Crippen molar-refractivity contribution in [2.45, 2.75) is 97.3 Å². The number of hydrogen-bond donors (Lipinski definition) is 2. The smallest absolute Gasteiger partial charge is 0.309 e. The van der Waals surface area contributed by atoms with Crippen LogP contribution in [0.25, 0.3) is 0 Å². The van der Waals surface area contributed by atoms with Gasteiger partial charge in [-0.3, -0.25) is 9.59 Å². The lowest BCUT2D eigenvalue weighted by Gasteiger charge is -2.30. The summed E-state index contributed by atoms with van der Waals surface area (Å²) in [6.07, 6.45) is 9.19. The first-order chi connectivity index (χ1) is 16.5. The molecule has 0 unspecified atom stereocenters. The van der Waals surface area contributed by atoms with Gasteiger partial charge in [0, 0.05) is 32.8 Å². The van der Waals surface area contributed by atoms with Crippen LogP contribution in [0.15, 0.2) is 0 Å². The Hall–Kier alpha value is -1.22. The van der Waals surface area contributed by atoms with Crippen LogP contribution in [0.4, 0.5) is 0 Å². The lowest BCUT2D eigenvalue weighted by molar-refractivity contribution is -0.151. The molecule has 0 saturated carbocycles. The van der Waals surface area contributed by atoms with E-state index < -0.39 is 17.4 Å². The highest BCUT2D eigenvalue weighted by Gasteiger charge is 2.36. The molecule has 0 heterocycles. The molecule has 8 heteroatoms. The highest BCUT2D eigenvalue weighted by atomic mass is 16.5. The second-order valence-corrected chi connectivity index (χ2v) is 8.90. The largest absolute Gasteiger partial charge is 0.481 e. The Morgan fingerprint density at radius 2 is 0.941 bits per heavy atom. The van der Waals surface area contributed by atoms with Gasteiger partial charge >= 0.3 is 11.9 Å². The SMILES string of the molecule is CCCCOCCOCCCCC(CCCCOCCOCCCC)(CCCC(=O)O)C(=O)O. The molecule has 0 amide bonds. The van der Waals surface area contributed by atoms with Gasteiger partial charge in [0.2, 0.25) is 0 Å². The van der Waals surface area contributed by atoms with Crippen molar-refractivity contribution in [1.29, 1.82) is 0 Å². The fraction of sp³-hybridized carbons (Fsp3) is 0.923. The van der Waals surface area contributed by atoms with Crippen molar-refractivity contribution in [3.63, 3.8) is 0 Å². The summed E-state index contributed by atoms with van der Waals surface area (Å²) in [7, 11) is 0. The number of carboxylic acid groups (broad SMARTS) is 2. The molecule has 2 N–H and O–H groups in total. The molecular weight excluding hydrogens is 440 g/mol. The van der Waals surface area contributed by atoms with E-state index >= 15 is 0 Å². The molecule has 0 fully saturated rings. The minimum absolute atomic E-state index is 0.00266. The second-order valence-electron chi connectivity index (χ2n) is 8.90. The van der Waals surface area contributed by atoms with Crippen LogP contribution in [0, 0.1) is 5.41 Å². The number of rotatable bonds is 27. The van der Waals surface area contributed by atoms with Crippen LogP contribution < -0.4 is 0 Å². The van der Waals surface area contributed by atoms with Crippen molar-refractivity contribution in [2.75, 3.05) is 52.9 Å². The van der Waals surface area contributed by atoms with E-state index in [-0.39, 0.29) is 6.42 Å². The minimum atomic E-state index is -0.887. The molecular formula is C26H50O8. The molecule has 0 saturated heterocycles. The van der Waals surface area contributed by atoms with Gasteiger partial charge in [0.05, 0.1) is 31.8 Å². The van der Waals surface area contributed by atoms with E-state index in [0.29, 0.717) is 65.3 Å². The topological polar surface area (TPSA) is 112 Å². The van der Waals surface area contributed by atoms with Gasteiger partial charge in [0.1, 0.15) is 0 Å². The van der Waals surface area contributed by atoms with Gasteiger partial charge < -0.3 is 29.2 Å². The molecule has 0 atom stereocenters. The summed E-state index contributed by atoms with van der Waals surface area (Å²) in [6.45, 7) is 9.20. The Morgan fingerprint density at radius 1 is 0.559 bits per heavy atom. The van der Waals surface area contributed by atoms with Crippen molar-refractivity contribution in [3.8, 4) is 0 Å². The fourth-order valence-electron chi connectivity index (χ4n) is 3.75. The molecule has 0 spiro atoms. The summed E-state index contributed by atoms with van der Waals surface area (Å²) < 4.78 is 22.1. The van der Waals surface area contributed by atoms with Crippen molar-refractivity contribution in [3.05, 3.63) is 0 Å². The average molecular weight is 491 g/mol. The highest BCUT2D eigenvalue weighted by Crippen LogP contribution is 2.37. The van der Waals surface area contributed by atoms with Crippen molar-refractivity contribution in [2.24, 2.45) is 5.41 Å². The molecule has 8 nitrogen and oxygen atoms in total. The van der Waals surface area contributed by atoms with E-state index in [1.54, 1.807) is 0 Å². The van der Waals surface area contributed by atoms with Crippen molar-refractivity contribution >= 4 is 11.9 Å². The molecule has 202 valence electrons. The maximum absolute atomic E-state index is 12.2. The van der Waals surface area contributed by atoms with E-state index in [2.05, 4.69) is 13.8 Å². The average Bonchev–Trinajstić information content (AvgIpc) is 2.80. The second kappa shape index (κ2) is 23.5. The van der Waals surface area contributed by atoms with Crippen LogP contribution >= 0.6 is 0 Å². The lowest BCUT2D eigenvalue weighted by Crippen LogP contribution is -2.31. The zero-order valence-corrected chi connectivity index (χ0v) is 21.7. The minimum Gasteiger partial charge on any atom is -0.481 e. The first-order valence-electron chi connectivity index (χ1n) is 13.2. The van der Waals surface area contributed by atoms with Gasteiger partial charge in [-0.25, -0.2) is 0 Å². The molecule has 0 aliphatic carbocycles. The maximum atomic E-state index is 12.2. The maximum Gasteiger partial charge on any atom is 0.309 e. The Kier molecular flexibility index (Phi) is 22.7. The summed E-state index contributed by atoms with van der Waals surface area (Å²) in [6, 6.07) is 0. The summed E-state index contributed by atoms with van der Waals surface area (Å²) in [4.78, 5) is 23.2. The third kappa shape index (κ3) is 19.1. The van der Waals surface area contributed by atoms with E-state index in [4.69, 9.17) is 24.1 Å². The van der Waals surface area contributed by atoms with Crippen LogP contribution in [-0.2, 0) is 28.5 Å². The monoisotopic (exact) mass is 490 g/mol. The van der Waals surface area contributed by atoms with E-state index in [1.165, 1.54) is 0 Å². The summed E-state index contributed by atoms with van der Waals surface area (Å²) >= 11 is 0. The zero-order valence-electron chi connectivity index (χ0n) is 21.7. The summed E-state index contributed by atoms with van der Waals surface area (Å²) in [5.74, 6) is -1.71. The van der Waals surface area contributed by atoms with Crippen molar-refractivity contribution < 1.29 is 38.7 Å². The number of hydrogen-bond acceptors (Lipinski definition) is 6. The fourth-order valence-corrected chi connectivity index (χ4v) is 3.75. The molecule has 0 aromatic heterocycles. The Bertz CT molecular complexity index is 459. The highest BCUT2D eigenvalue weighted by molar-refractivity contribution is 5.74. The number of carboxylic acids is 2. The Balaban J connectivity index is 4.29. The third-order valence-corrected chi connectivity index (χ3v) is 5.92. The van der Waals surface area contributed by atoms with Crippen LogP contribution in [0.5, 0.6) is 0 Å². The van der Waals surface area contributed by atoms with E-state index in [0.717, 1.165) is 64.6 Å². The predicted octanol–water partition coefficient (Wildman–Crippen LogP) is 5.32. The van der Waals surface area contributed by atoms with Crippen LogP contribution in [0.3, 0.4) is 0 Å². The number of aliphatic carboxylic acids is 2. The van der Waals surface area contributed by atoms with Gasteiger partial charge in [-0.05, 0) is 51.4 Å². The zero-order chi connectivity index (χ0) is 25.3. The molecule has 34 heavy (non-hydrogen) atoms. The molecule has 0 aromatic carbocycles. The lowest BCUT2D eigenvalue weighted by atomic mass is 9.74. The number of unbranched alkanes of at least 4 members (excludes halogenated alkanes) is 4. The predicted molar refractivity (Wildman–Crippen MR) is 132 cm³/mol. The van der Waals surface area contributed by atoms with Gasteiger partial charge in [0.25, 0.3) is 0 Å². The Morgan fingerprint density at radius 3 is 1.29 bits per heavy atom. The van der Waals surface area contributed by atoms with E-state index in [9.17, 15) is 14.7 Å². The van der Waals surface area contributed by atoms with Gasteiger partial charge in [0.15, 0.2) is 0 Å². The number of carbonyl (C=O) groups is 2. The van der Waals surface area contributed by atoms with Crippen molar-refractivity contribution in [1.82, 2.24) is 0 Å². The number of ether oxygens (including phenoxy) is 4. The quantitative estimate of drug-likeness (QED) is 0.149. The third-order valence-electron chi connectivity index (χ3n) is 5.92. The first-order valence-corrected chi connectivity index (χ1v) is 13.2. The molecule has 0 aliphatic heterocycles. The van der Waals surface area contributed by atoms with E-state index in [1.807, 2.05) is 0 Å². The Labute approximate surface area is 206 Å². The summed E-state index contributed by atoms with van der Waals surface area (Å²) in [5.41, 5.74) is -0.887. The van der Waals surface area contributed by atoms with Crippen LogP contribution in [0.2, 0.25) is 0 Å². The van der Waals surface area contributed by atoms with Gasteiger partial charge in [-0.2, -0.15) is 0 Å². The van der Waals surface area contributed by atoms with Crippen LogP contribution in [0.1, 0.15) is 97.3 Å². The normalized spacial score (nSPS) is 11.7. The molecule has 0 bridgehead atoms. The summed E-state index contributed by atoms with van der Waals surface area (Å²) in [5, 5.41) is 19.0. The standard InChI is InChI=1S/C26H50O8/c1-3-5-16-31-20-22-33-18-9-7-13-26(25(29)30,15-11-12-24(27)28)14-8-10-19-34-23-21-32-17-6-4-2/h3-23H2,1-2H3,(H,27,28)(H,29,30).